The van der Waals surface area contributed by atoms with E-state index >= 15 is 0 Å². The van der Waals surface area contributed by atoms with Crippen molar-refractivity contribution in [2.75, 3.05) is 17.2 Å². The van der Waals surface area contributed by atoms with E-state index in [9.17, 15) is 18.0 Å². The van der Waals surface area contributed by atoms with E-state index in [1.54, 1.807) is 36.4 Å². The fourth-order valence-electron chi connectivity index (χ4n) is 2.36. The van der Waals surface area contributed by atoms with Crippen LogP contribution in [0.1, 0.15) is 20.8 Å². The Bertz CT molecular complexity index is 942. The van der Waals surface area contributed by atoms with Crippen molar-refractivity contribution < 1.29 is 22.7 Å². The summed E-state index contributed by atoms with van der Waals surface area (Å²) in [5.41, 5.74) is 0.955. The number of carbonyl (C=O) groups is 2. The lowest BCUT2D eigenvalue weighted by Crippen LogP contribution is -2.41. The summed E-state index contributed by atoms with van der Waals surface area (Å²) < 4.78 is 32.6. The fourth-order valence-corrected chi connectivity index (χ4v) is 3.57. The fraction of sp³-hybridized carbons (Fsp3) is 0.263. The average molecular weight is 405 g/mol. The maximum Gasteiger partial charge on any atom is 0.242 e. The zero-order valence-electron chi connectivity index (χ0n) is 15.9. The molecule has 1 atom stereocenters. The van der Waals surface area contributed by atoms with E-state index in [-0.39, 0.29) is 10.8 Å². The molecule has 0 aromatic heterocycles. The number of amides is 2. The van der Waals surface area contributed by atoms with Crippen LogP contribution in [0.25, 0.3) is 0 Å². The van der Waals surface area contributed by atoms with E-state index in [1.165, 1.54) is 26.0 Å². The van der Waals surface area contributed by atoms with Crippen molar-refractivity contribution in [1.82, 2.24) is 4.72 Å². The van der Waals surface area contributed by atoms with Gasteiger partial charge in [0.25, 0.3) is 0 Å². The van der Waals surface area contributed by atoms with E-state index in [4.69, 9.17) is 4.74 Å². The molecule has 28 heavy (non-hydrogen) atoms. The number of anilines is 2. The smallest absolute Gasteiger partial charge is 0.242 e. The molecule has 2 aromatic carbocycles. The van der Waals surface area contributed by atoms with Gasteiger partial charge in [0.1, 0.15) is 5.75 Å². The molecule has 3 N–H and O–H groups in total. The van der Waals surface area contributed by atoms with Gasteiger partial charge in [-0.2, -0.15) is 4.72 Å². The first-order chi connectivity index (χ1) is 13.2. The lowest BCUT2D eigenvalue weighted by Gasteiger charge is -2.15. The third-order valence-corrected chi connectivity index (χ3v) is 5.18. The molecule has 150 valence electrons. The molecule has 2 rings (SSSR count). The van der Waals surface area contributed by atoms with Crippen LogP contribution in [0, 0.1) is 0 Å². The third kappa shape index (κ3) is 6.07. The highest BCUT2D eigenvalue weighted by Gasteiger charge is 2.22. The Hall–Kier alpha value is -2.91. The topological polar surface area (TPSA) is 114 Å². The molecule has 0 radical (unpaired) electrons. The molecule has 0 heterocycles. The molecule has 2 aromatic rings. The van der Waals surface area contributed by atoms with Crippen molar-refractivity contribution in [2.45, 2.75) is 31.7 Å². The monoisotopic (exact) mass is 405 g/mol. The molecule has 0 spiro atoms. The molecule has 9 heteroatoms. The van der Waals surface area contributed by atoms with Crippen molar-refractivity contribution in [3.8, 4) is 5.75 Å². The van der Waals surface area contributed by atoms with Crippen molar-refractivity contribution >= 4 is 33.2 Å². The number of nitrogens with one attached hydrogen (secondary N) is 3. The lowest BCUT2D eigenvalue weighted by molar-refractivity contribution is -0.117. The molecule has 0 aliphatic carbocycles. The number of rotatable bonds is 8. The van der Waals surface area contributed by atoms with Gasteiger partial charge in [0, 0.05) is 18.3 Å². The Morgan fingerprint density at radius 3 is 2.21 bits per heavy atom. The molecular weight excluding hydrogens is 382 g/mol. The van der Waals surface area contributed by atoms with Gasteiger partial charge in [-0.1, -0.05) is 6.07 Å². The van der Waals surface area contributed by atoms with Crippen LogP contribution in [-0.4, -0.2) is 32.9 Å². The molecule has 0 fully saturated rings. The molecule has 0 aliphatic rings. The second kappa shape index (κ2) is 9.34. The summed E-state index contributed by atoms with van der Waals surface area (Å²) in [6.07, 6.45) is 0. The van der Waals surface area contributed by atoms with E-state index in [2.05, 4.69) is 15.4 Å². The van der Waals surface area contributed by atoms with Crippen molar-refractivity contribution in [2.24, 2.45) is 0 Å². The normalized spacial score (nSPS) is 12.1. The molecule has 0 unspecified atom stereocenters. The van der Waals surface area contributed by atoms with Gasteiger partial charge < -0.3 is 15.4 Å². The molecule has 8 nitrogen and oxygen atoms in total. The Morgan fingerprint density at radius 1 is 1.04 bits per heavy atom. The summed E-state index contributed by atoms with van der Waals surface area (Å²) in [5, 5.41) is 5.23. The summed E-state index contributed by atoms with van der Waals surface area (Å²) >= 11 is 0. The SMILES string of the molecule is CCOc1ccc(S(=O)(=O)N[C@H](C)C(=O)Nc2cccc(NC(C)=O)c2)cc1. The minimum atomic E-state index is -3.88. The molecule has 2 amide bonds. The summed E-state index contributed by atoms with van der Waals surface area (Å²) in [6.45, 7) is 5.13. The minimum absolute atomic E-state index is 0.0308. The predicted molar refractivity (Wildman–Crippen MR) is 107 cm³/mol. The van der Waals surface area contributed by atoms with Gasteiger partial charge >= 0.3 is 0 Å². The summed E-state index contributed by atoms with van der Waals surface area (Å²) in [4.78, 5) is 23.5. The van der Waals surface area contributed by atoms with Crippen molar-refractivity contribution in [3.05, 3.63) is 48.5 Å². The number of hydrogen-bond donors (Lipinski definition) is 3. The first-order valence-electron chi connectivity index (χ1n) is 8.65. The Kier molecular flexibility index (Phi) is 7.13. The molecular formula is C19H23N3O5S. The van der Waals surface area contributed by atoms with Crippen LogP contribution < -0.4 is 20.1 Å². The van der Waals surface area contributed by atoms with E-state index in [0.717, 1.165) is 0 Å². The molecule has 0 saturated heterocycles. The quantitative estimate of drug-likeness (QED) is 0.624. The Morgan fingerprint density at radius 2 is 1.64 bits per heavy atom. The highest BCUT2D eigenvalue weighted by molar-refractivity contribution is 7.89. The van der Waals surface area contributed by atoms with Gasteiger partial charge in [-0.3, -0.25) is 9.59 Å². The largest absolute Gasteiger partial charge is 0.494 e. The zero-order chi connectivity index (χ0) is 20.7. The van der Waals surface area contributed by atoms with Crippen molar-refractivity contribution in [3.63, 3.8) is 0 Å². The van der Waals surface area contributed by atoms with E-state index in [1.807, 2.05) is 6.92 Å². The molecule has 0 bridgehead atoms. The zero-order valence-corrected chi connectivity index (χ0v) is 16.7. The second-order valence-corrected chi connectivity index (χ2v) is 7.71. The van der Waals surface area contributed by atoms with Gasteiger partial charge in [0.05, 0.1) is 17.5 Å². The van der Waals surface area contributed by atoms with Crippen molar-refractivity contribution in [1.29, 1.82) is 0 Å². The predicted octanol–water partition coefficient (Wildman–Crippen LogP) is 2.35. The summed E-state index contributed by atoms with van der Waals surface area (Å²) in [5.74, 6) is -0.208. The van der Waals surface area contributed by atoms with Gasteiger partial charge in [-0.05, 0) is 56.3 Å². The van der Waals surface area contributed by atoms with Crippen LogP contribution in [0.4, 0.5) is 11.4 Å². The highest BCUT2D eigenvalue weighted by atomic mass is 32.2. The number of carbonyl (C=O) groups excluding carboxylic acids is 2. The third-order valence-electron chi connectivity index (χ3n) is 3.62. The van der Waals surface area contributed by atoms with Crippen LogP contribution in [0.15, 0.2) is 53.4 Å². The number of sulfonamides is 1. The van der Waals surface area contributed by atoms with Gasteiger partial charge in [0.15, 0.2) is 0 Å². The lowest BCUT2D eigenvalue weighted by atomic mass is 10.2. The van der Waals surface area contributed by atoms with Gasteiger partial charge in [0.2, 0.25) is 21.8 Å². The minimum Gasteiger partial charge on any atom is -0.494 e. The Labute approximate surface area is 164 Å². The van der Waals surface area contributed by atoms with Crippen LogP contribution in [0.2, 0.25) is 0 Å². The first kappa shape index (κ1) is 21.4. The average Bonchev–Trinajstić information content (AvgIpc) is 2.62. The van der Waals surface area contributed by atoms with Crippen LogP contribution in [0.5, 0.6) is 5.75 Å². The number of hydrogen-bond acceptors (Lipinski definition) is 5. The van der Waals surface area contributed by atoms with Gasteiger partial charge in [-0.15, -0.1) is 0 Å². The maximum atomic E-state index is 12.5. The van der Waals surface area contributed by atoms with Crippen LogP contribution >= 0.6 is 0 Å². The van der Waals surface area contributed by atoms with Crippen LogP contribution in [0.3, 0.4) is 0 Å². The first-order valence-corrected chi connectivity index (χ1v) is 10.1. The standard InChI is InChI=1S/C19H23N3O5S/c1-4-27-17-8-10-18(11-9-17)28(25,26)22-13(2)19(24)21-16-7-5-6-15(12-16)20-14(3)23/h5-13,22H,4H2,1-3H3,(H,20,23)(H,21,24)/t13-/m1/s1. The molecule has 0 aliphatic heterocycles. The molecule has 0 saturated carbocycles. The Balaban J connectivity index is 2.03. The van der Waals surface area contributed by atoms with E-state index in [0.29, 0.717) is 23.7 Å². The number of ether oxygens (including phenoxy) is 1. The van der Waals surface area contributed by atoms with E-state index < -0.39 is 22.0 Å². The highest BCUT2D eigenvalue weighted by Crippen LogP contribution is 2.17. The summed E-state index contributed by atoms with van der Waals surface area (Å²) in [7, 11) is -3.88. The maximum absolute atomic E-state index is 12.5. The number of benzene rings is 2. The second-order valence-electron chi connectivity index (χ2n) is 6.00. The summed E-state index contributed by atoms with van der Waals surface area (Å²) in [6, 6.07) is 11.5. The van der Waals surface area contributed by atoms with Gasteiger partial charge in [-0.25, -0.2) is 8.42 Å². The van der Waals surface area contributed by atoms with Crippen LogP contribution in [-0.2, 0) is 19.6 Å².